The van der Waals surface area contributed by atoms with Crippen LogP contribution in [0.4, 0.5) is 5.69 Å². The van der Waals surface area contributed by atoms with Gasteiger partial charge in [-0.3, -0.25) is 10.1 Å². The molecule has 0 fully saturated rings. The highest BCUT2D eigenvalue weighted by molar-refractivity contribution is 8.76. The molecule has 0 aliphatic heterocycles. The van der Waals surface area contributed by atoms with E-state index in [0.717, 1.165) is 4.90 Å². The molecule has 7 heteroatoms. The highest BCUT2D eigenvalue weighted by Gasteiger charge is 2.15. The van der Waals surface area contributed by atoms with Gasteiger partial charge in [-0.15, -0.1) is 0 Å². The van der Waals surface area contributed by atoms with Gasteiger partial charge in [-0.05, 0) is 28.5 Å². The van der Waals surface area contributed by atoms with Crippen molar-refractivity contribution < 1.29 is 10.0 Å². The van der Waals surface area contributed by atoms with Crippen molar-refractivity contribution in [1.82, 2.24) is 0 Å². The summed E-state index contributed by atoms with van der Waals surface area (Å²) in [5.41, 5.74) is 0.760. The minimum atomic E-state index is -0.414. The second kappa shape index (κ2) is 6.99. The van der Waals surface area contributed by atoms with Gasteiger partial charge in [0.25, 0.3) is 5.69 Å². The lowest BCUT2D eigenvalue weighted by Crippen LogP contribution is -1.90. The summed E-state index contributed by atoms with van der Waals surface area (Å²) in [7, 11) is 2.55. The molecule has 2 aromatic rings. The van der Waals surface area contributed by atoms with Gasteiger partial charge in [0.2, 0.25) is 0 Å². The number of benzene rings is 2. The molecule has 0 saturated carbocycles. The van der Waals surface area contributed by atoms with E-state index in [-0.39, 0.29) is 12.3 Å². The second-order valence-electron chi connectivity index (χ2n) is 3.78. The van der Waals surface area contributed by atoms with E-state index in [1.54, 1.807) is 36.4 Å². The summed E-state index contributed by atoms with van der Waals surface area (Å²) in [5, 5.41) is 20.8. The van der Waals surface area contributed by atoms with E-state index in [9.17, 15) is 15.2 Å². The van der Waals surface area contributed by atoms with Gasteiger partial charge in [0.05, 0.1) is 21.4 Å². The molecule has 0 atom stereocenters. The quantitative estimate of drug-likeness (QED) is 0.496. The van der Waals surface area contributed by atoms with Crippen molar-refractivity contribution in [2.24, 2.45) is 0 Å². The molecule has 0 aliphatic carbocycles. The Bertz CT molecular complexity index is 637. The molecule has 0 saturated heterocycles. The van der Waals surface area contributed by atoms with Crippen LogP contribution in [0.25, 0.3) is 0 Å². The molecule has 0 aliphatic rings. The molecule has 0 heterocycles. The lowest BCUT2D eigenvalue weighted by Gasteiger charge is -2.08. The van der Waals surface area contributed by atoms with Crippen LogP contribution >= 0.6 is 33.2 Å². The first-order valence-electron chi connectivity index (χ1n) is 5.59. The summed E-state index contributed by atoms with van der Waals surface area (Å²) in [6.07, 6.45) is 0. The molecule has 2 rings (SSSR count). The van der Waals surface area contributed by atoms with Crippen LogP contribution < -0.4 is 0 Å². The monoisotopic (exact) mass is 327 g/mol. The minimum Gasteiger partial charge on any atom is -0.392 e. The average Bonchev–Trinajstić information content (AvgIpc) is 2.46. The summed E-state index contributed by atoms with van der Waals surface area (Å²) in [6.45, 7) is -0.125. The van der Waals surface area contributed by atoms with Gasteiger partial charge in [0.15, 0.2) is 0 Å². The van der Waals surface area contributed by atoms with E-state index >= 15 is 0 Å². The van der Waals surface area contributed by atoms with E-state index in [2.05, 4.69) is 0 Å². The molecule has 0 aromatic heterocycles. The van der Waals surface area contributed by atoms with Gasteiger partial charge >= 0.3 is 0 Å². The van der Waals surface area contributed by atoms with Crippen LogP contribution in [0.5, 0.6) is 0 Å². The molecule has 2 aromatic carbocycles. The minimum absolute atomic E-state index is 0.0580. The zero-order valence-electron chi connectivity index (χ0n) is 10.2. The van der Waals surface area contributed by atoms with Gasteiger partial charge in [0.1, 0.15) is 0 Å². The van der Waals surface area contributed by atoms with Crippen LogP contribution in [0.15, 0.2) is 52.3 Å². The van der Waals surface area contributed by atoms with Crippen molar-refractivity contribution in [3.05, 3.63) is 63.2 Å². The van der Waals surface area contributed by atoms with E-state index in [1.807, 2.05) is 0 Å². The maximum atomic E-state index is 10.9. The topological polar surface area (TPSA) is 63.4 Å². The number of nitro groups is 1. The lowest BCUT2D eigenvalue weighted by atomic mass is 10.2. The maximum Gasteiger partial charge on any atom is 0.283 e. The molecule has 20 heavy (non-hydrogen) atoms. The maximum absolute atomic E-state index is 10.9. The molecule has 1 N–H and O–H groups in total. The number of aliphatic hydroxyl groups excluding tert-OH is 1. The first-order valence-corrected chi connectivity index (χ1v) is 8.12. The predicted molar refractivity (Wildman–Crippen MR) is 82.2 cm³/mol. The lowest BCUT2D eigenvalue weighted by molar-refractivity contribution is -0.387. The molecular formula is C13H10ClNO3S2. The van der Waals surface area contributed by atoms with Gasteiger partial charge in [0, 0.05) is 11.0 Å². The van der Waals surface area contributed by atoms with E-state index < -0.39 is 4.92 Å². The Balaban J connectivity index is 2.24. The summed E-state index contributed by atoms with van der Waals surface area (Å²) in [4.78, 5) is 11.8. The van der Waals surface area contributed by atoms with E-state index in [4.69, 9.17) is 11.6 Å². The third kappa shape index (κ3) is 3.46. The number of hydrogen-bond donors (Lipinski definition) is 1. The molecule has 0 unspecified atom stereocenters. The number of rotatable bonds is 5. The SMILES string of the molecule is O=[N+]([O-])c1ccccc1SSc1c(Cl)cccc1CO. The van der Waals surface area contributed by atoms with Crippen molar-refractivity contribution >= 4 is 38.9 Å². The zero-order valence-corrected chi connectivity index (χ0v) is 12.5. The Labute approximate surface area is 128 Å². The fourth-order valence-electron chi connectivity index (χ4n) is 1.54. The van der Waals surface area contributed by atoms with Crippen LogP contribution in [0, 0.1) is 10.1 Å². The molecule has 104 valence electrons. The smallest absolute Gasteiger partial charge is 0.283 e. The summed E-state index contributed by atoms with van der Waals surface area (Å²) in [5.74, 6) is 0. The van der Waals surface area contributed by atoms with E-state index in [1.165, 1.54) is 27.7 Å². The van der Waals surface area contributed by atoms with Gasteiger partial charge in [-0.1, -0.05) is 46.7 Å². The number of nitro benzene ring substituents is 1. The number of halogens is 1. The van der Waals surface area contributed by atoms with Gasteiger partial charge in [-0.2, -0.15) is 0 Å². The van der Waals surface area contributed by atoms with Crippen LogP contribution in [-0.2, 0) is 6.61 Å². The third-order valence-electron chi connectivity index (χ3n) is 2.50. The van der Waals surface area contributed by atoms with Crippen molar-refractivity contribution in [2.45, 2.75) is 16.4 Å². The molecule has 0 bridgehead atoms. The normalized spacial score (nSPS) is 10.5. The first kappa shape index (κ1) is 15.2. The molecule has 0 amide bonds. The fourth-order valence-corrected chi connectivity index (χ4v) is 4.44. The van der Waals surface area contributed by atoms with Crippen molar-refractivity contribution in [3.63, 3.8) is 0 Å². The molecular weight excluding hydrogens is 318 g/mol. The summed E-state index contributed by atoms with van der Waals surface area (Å²) in [6, 6.07) is 11.8. The third-order valence-corrected chi connectivity index (χ3v) is 5.47. The number of nitrogens with zero attached hydrogens (tertiary/aromatic N) is 1. The van der Waals surface area contributed by atoms with Crippen LogP contribution in [0.1, 0.15) is 5.56 Å². The average molecular weight is 328 g/mol. The standard InChI is InChI=1S/C13H10ClNO3S2/c14-10-5-3-4-9(8-16)13(10)20-19-12-7-2-1-6-11(12)15(17)18/h1-7,16H,8H2. The van der Waals surface area contributed by atoms with Crippen molar-refractivity contribution in [3.8, 4) is 0 Å². The molecule has 4 nitrogen and oxygen atoms in total. The number of hydrogen-bond acceptors (Lipinski definition) is 5. The Kier molecular flexibility index (Phi) is 5.31. The van der Waals surface area contributed by atoms with Crippen molar-refractivity contribution in [2.75, 3.05) is 0 Å². The van der Waals surface area contributed by atoms with E-state index in [0.29, 0.717) is 15.5 Å². The Morgan fingerprint density at radius 1 is 1.15 bits per heavy atom. The van der Waals surface area contributed by atoms with Crippen LogP contribution in [0.3, 0.4) is 0 Å². The molecule has 0 spiro atoms. The number of para-hydroxylation sites is 1. The van der Waals surface area contributed by atoms with Gasteiger partial charge in [-0.25, -0.2) is 0 Å². The first-order chi connectivity index (χ1) is 9.63. The number of aliphatic hydroxyl groups is 1. The van der Waals surface area contributed by atoms with Crippen molar-refractivity contribution in [1.29, 1.82) is 0 Å². The Hall–Kier alpha value is -1.21. The highest BCUT2D eigenvalue weighted by atomic mass is 35.5. The summed E-state index contributed by atoms with van der Waals surface area (Å²) >= 11 is 6.10. The predicted octanol–water partition coefficient (Wildman–Crippen LogP) is 4.54. The summed E-state index contributed by atoms with van der Waals surface area (Å²) < 4.78 is 0. The van der Waals surface area contributed by atoms with Crippen LogP contribution in [0.2, 0.25) is 5.02 Å². The van der Waals surface area contributed by atoms with Gasteiger partial charge < -0.3 is 5.11 Å². The largest absolute Gasteiger partial charge is 0.392 e. The Morgan fingerprint density at radius 3 is 2.60 bits per heavy atom. The van der Waals surface area contributed by atoms with Crippen LogP contribution in [-0.4, -0.2) is 10.0 Å². The highest BCUT2D eigenvalue weighted by Crippen LogP contribution is 2.45. The Morgan fingerprint density at radius 2 is 1.90 bits per heavy atom. The zero-order chi connectivity index (χ0) is 14.5. The fraction of sp³-hybridized carbons (Fsp3) is 0.0769. The second-order valence-corrected chi connectivity index (χ2v) is 6.37. The molecule has 0 radical (unpaired) electrons.